The van der Waals surface area contributed by atoms with Crippen LogP contribution in [0.5, 0.6) is 23.0 Å². The van der Waals surface area contributed by atoms with Gasteiger partial charge in [0.05, 0.1) is 22.0 Å². The number of aromatic nitrogens is 1. The highest BCUT2D eigenvalue weighted by Crippen LogP contribution is 2.55. The standard InChI is InChI=1S/C36H20NO3P/c1-4-12-26-22(9-1)23-10-2-5-13-27(23)37(26)21-19-30-36-31(20-21)40-35-33(41(36)32-16-8-7-15-29(32)38-30)18-17-25-24-11-3-6-14-28(24)39-34(25)35/h1-20H. The van der Waals surface area contributed by atoms with Crippen molar-refractivity contribution in [1.29, 1.82) is 0 Å². The third kappa shape index (κ3) is 2.82. The van der Waals surface area contributed by atoms with Crippen molar-refractivity contribution in [1.82, 2.24) is 4.57 Å². The summed E-state index contributed by atoms with van der Waals surface area (Å²) in [6, 6.07) is 42.5. The predicted molar refractivity (Wildman–Crippen MR) is 167 cm³/mol. The lowest BCUT2D eigenvalue weighted by Crippen LogP contribution is -2.32. The molecule has 2 aliphatic heterocycles. The Balaban J connectivity index is 1.29. The number of hydrogen-bond donors (Lipinski definition) is 0. The molecule has 1 unspecified atom stereocenters. The molecule has 8 aromatic rings. The number of rotatable bonds is 1. The first-order chi connectivity index (χ1) is 20.3. The highest BCUT2D eigenvalue weighted by Gasteiger charge is 2.39. The van der Waals surface area contributed by atoms with Crippen LogP contribution in [0.4, 0.5) is 0 Å². The van der Waals surface area contributed by atoms with E-state index in [1.54, 1.807) is 0 Å². The van der Waals surface area contributed by atoms with Crippen LogP contribution in [0.3, 0.4) is 0 Å². The Labute approximate surface area is 235 Å². The van der Waals surface area contributed by atoms with Crippen LogP contribution in [0.2, 0.25) is 0 Å². The van der Waals surface area contributed by atoms with Gasteiger partial charge >= 0.3 is 0 Å². The molecule has 10 rings (SSSR count). The SMILES string of the molecule is c1ccc2c(c1)Oc1cc(-n3c4ccccc4c4ccccc43)cc3c1P2c1ccc2c(oc4ccccc42)c1O3. The minimum absolute atomic E-state index is 0.796. The lowest BCUT2D eigenvalue weighted by molar-refractivity contribution is 0.463. The Morgan fingerprint density at radius 1 is 0.512 bits per heavy atom. The van der Waals surface area contributed by atoms with Gasteiger partial charge in [0.2, 0.25) is 0 Å². The summed E-state index contributed by atoms with van der Waals surface area (Å²) in [5.74, 6) is 3.37. The molecule has 0 saturated heterocycles. The molecule has 0 radical (unpaired) electrons. The van der Waals surface area contributed by atoms with E-state index in [1.165, 1.54) is 16.1 Å². The molecule has 192 valence electrons. The minimum Gasteiger partial charge on any atom is -0.456 e. The lowest BCUT2D eigenvalue weighted by atomic mass is 10.1. The topological polar surface area (TPSA) is 36.5 Å². The van der Waals surface area contributed by atoms with Gasteiger partial charge in [-0.3, -0.25) is 0 Å². The van der Waals surface area contributed by atoms with Crippen LogP contribution >= 0.6 is 7.92 Å². The molecule has 0 fully saturated rings. The minimum atomic E-state index is -0.912. The van der Waals surface area contributed by atoms with Crippen LogP contribution in [0.15, 0.2) is 126 Å². The Morgan fingerprint density at radius 3 is 1.98 bits per heavy atom. The zero-order chi connectivity index (χ0) is 26.7. The van der Waals surface area contributed by atoms with E-state index in [-0.39, 0.29) is 0 Å². The number of hydrogen-bond acceptors (Lipinski definition) is 3. The number of ether oxygens (including phenoxy) is 2. The summed E-state index contributed by atoms with van der Waals surface area (Å²) in [7, 11) is -0.912. The molecule has 5 heteroatoms. The first-order valence-electron chi connectivity index (χ1n) is 13.7. The van der Waals surface area contributed by atoms with Gasteiger partial charge in [-0.15, -0.1) is 0 Å². The van der Waals surface area contributed by atoms with Crippen molar-refractivity contribution in [3.8, 4) is 28.7 Å². The van der Waals surface area contributed by atoms with E-state index < -0.39 is 7.92 Å². The van der Waals surface area contributed by atoms with E-state index >= 15 is 0 Å². The van der Waals surface area contributed by atoms with Gasteiger partial charge in [-0.1, -0.05) is 72.8 Å². The third-order valence-corrected chi connectivity index (χ3v) is 10.9. The number of para-hydroxylation sites is 4. The molecule has 1 atom stereocenters. The fraction of sp³-hybridized carbons (Fsp3) is 0. The fourth-order valence-electron chi connectivity index (χ4n) is 6.63. The van der Waals surface area contributed by atoms with Gasteiger partial charge < -0.3 is 18.5 Å². The molecule has 0 amide bonds. The van der Waals surface area contributed by atoms with E-state index in [0.717, 1.165) is 72.3 Å². The average molecular weight is 546 g/mol. The summed E-state index contributed by atoms with van der Waals surface area (Å²) in [6.07, 6.45) is 0. The fourth-order valence-corrected chi connectivity index (χ4v) is 9.18. The molecule has 2 aliphatic rings. The molecule has 0 aliphatic carbocycles. The van der Waals surface area contributed by atoms with Crippen LogP contribution in [0.25, 0.3) is 49.4 Å². The van der Waals surface area contributed by atoms with Gasteiger partial charge in [-0.25, -0.2) is 0 Å². The number of benzene rings is 6. The number of fused-ring (bicyclic) bond motifs is 11. The molecule has 0 saturated carbocycles. The van der Waals surface area contributed by atoms with Crippen LogP contribution in [-0.2, 0) is 0 Å². The van der Waals surface area contributed by atoms with Crippen LogP contribution in [0.1, 0.15) is 0 Å². The molecule has 0 N–H and O–H groups in total. The van der Waals surface area contributed by atoms with E-state index in [9.17, 15) is 0 Å². The van der Waals surface area contributed by atoms with Crippen molar-refractivity contribution < 1.29 is 13.9 Å². The van der Waals surface area contributed by atoms with Gasteiger partial charge in [0.25, 0.3) is 0 Å². The highest BCUT2D eigenvalue weighted by atomic mass is 31.1. The summed E-state index contributed by atoms with van der Waals surface area (Å²) < 4.78 is 22.3. The van der Waals surface area contributed by atoms with Crippen molar-refractivity contribution in [3.63, 3.8) is 0 Å². The molecular weight excluding hydrogens is 525 g/mol. The average Bonchev–Trinajstić information content (AvgIpc) is 3.57. The van der Waals surface area contributed by atoms with E-state index in [0.29, 0.717) is 0 Å². The van der Waals surface area contributed by atoms with E-state index in [1.807, 2.05) is 18.2 Å². The van der Waals surface area contributed by atoms with Crippen molar-refractivity contribution in [2.75, 3.05) is 0 Å². The smallest absolute Gasteiger partial charge is 0.178 e. The normalized spacial score (nSPS) is 15.0. The second-order valence-electron chi connectivity index (χ2n) is 10.6. The summed E-state index contributed by atoms with van der Waals surface area (Å²) >= 11 is 0. The van der Waals surface area contributed by atoms with Crippen LogP contribution in [-0.4, -0.2) is 4.57 Å². The highest BCUT2D eigenvalue weighted by molar-refractivity contribution is 7.80. The van der Waals surface area contributed by atoms with Crippen molar-refractivity contribution >= 4 is 67.6 Å². The molecule has 41 heavy (non-hydrogen) atoms. The van der Waals surface area contributed by atoms with Crippen molar-refractivity contribution in [2.24, 2.45) is 0 Å². The van der Waals surface area contributed by atoms with Gasteiger partial charge in [-0.05, 0) is 36.4 Å². The second-order valence-corrected chi connectivity index (χ2v) is 12.6. The summed E-state index contributed by atoms with van der Waals surface area (Å²) in [6.45, 7) is 0. The lowest BCUT2D eigenvalue weighted by Gasteiger charge is -2.35. The van der Waals surface area contributed by atoms with Crippen molar-refractivity contribution in [2.45, 2.75) is 0 Å². The quantitative estimate of drug-likeness (QED) is 0.194. The monoisotopic (exact) mass is 545 g/mol. The molecule has 6 aromatic carbocycles. The summed E-state index contributed by atoms with van der Waals surface area (Å²) in [5, 5.41) is 8.07. The van der Waals surface area contributed by atoms with Gasteiger partial charge in [-0.2, -0.15) is 0 Å². The van der Waals surface area contributed by atoms with Crippen LogP contribution in [0, 0.1) is 0 Å². The Morgan fingerprint density at radius 2 is 1.17 bits per heavy atom. The van der Waals surface area contributed by atoms with E-state index in [4.69, 9.17) is 13.9 Å². The van der Waals surface area contributed by atoms with Gasteiger partial charge in [0, 0.05) is 52.2 Å². The number of nitrogens with zero attached hydrogens (tertiary/aromatic N) is 1. The summed E-state index contributed by atoms with van der Waals surface area (Å²) in [5.41, 5.74) is 4.96. The number of furan rings is 1. The van der Waals surface area contributed by atoms with Gasteiger partial charge in [0.1, 0.15) is 22.8 Å². The van der Waals surface area contributed by atoms with Crippen molar-refractivity contribution in [3.05, 3.63) is 121 Å². The molecule has 4 nitrogen and oxygen atoms in total. The molecule has 2 aromatic heterocycles. The maximum absolute atomic E-state index is 6.87. The largest absolute Gasteiger partial charge is 0.456 e. The zero-order valence-corrected chi connectivity index (χ0v) is 22.6. The van der Waals surface area contributed by atoms with Gasteiger partial charge in [0.15, 0.2) is 11.3 Å². The zero-order valence-electron chi connectivity index (χ0n) is 21.7. The Hall–Kier alpha value is -5.05. The van der Waals surface area contributed by atoms with E-state index in [2.05, 4.69) is 108 Å². The maximum Gasteiger partial charge on any atom is 0.178 e. The first kappa shape index (κ1) is 21.7. The molecule has 0 spiro atoms. The maximum atomic E-state index is 6.87. The molecular formula is C36H20NO3P. The third-order valence-electron chi connectivity index (χ3n) is 8.35. The Bertz CT molecular complexity index is 2350. The first-order valence-corrected chi connectivity index (χ1v) is 15.0. The van der Waals surface area contributed by atoms with Crippen LogP contribution < -0.4 is 25.4 Å². The Kier molecular flexibility index (Phi) is 4.12. The molecule has 0 bridgehead atoms. The predicted octanol–water partition coefficient (Wildman–Crippen LogP) is 8.65. The molecule has 4 heterocycles. The second kappa shape index (κ2) is 7.78. The summed E-state index contributed by atoms with van der Waals surface area (Å²) in [4.78, 5) is 0.